The lowest BCUT2D eigenvalue weighted by Crippen LogP contribution is -2.30. The zero-order valence-electron chi connectivity index (χ0n) is 10.6. The van der Waals surface area contributed by atoms with E-state index in [9.17, 15) is 0 Å². The summed E-state index contributed by atoms with van der Waals surface area (Å²) in [6, 6.07) is 9.38. The van der Waals surface area contributed by atoms with Crippen LogP contribution in [0.4, 0.5) is 0 Å². The second-order valence-electron chi connectivity index (χ2n) is 5.15. The third kappa shape index (κ3) is 3.35. The molecule has 1 aromatic carbocycles. The smallest absolute Gasteiger partial charge is 0.00440 e. The van der Waals surface area contributed by atoms with Gasteiger partial charge in [0.25, 0.3) is 0 Å². The highest BCUT2D eigenvalue weighted by atomic mass is 14.9. The largest absolute Gasteiger partial charge is 0.317 e. The highest BCUT2D eigenvalue weighted by Gasteiger charge is 2.22. The first-order valence-corrected chi connectivity index (χ1v) is 5.70. The van der Waals surface area contributed by atoms with E-state index in [1.165, 1.54) is 11.1 Å². The molecule has 0 aliphatic heterocycles. The van der Waals surface area contributed by atoms with Crippen LogP contribution in [-0.4, -0.2) is 13.1 Å². The monoisotopic (exact) mass is 205 g/mol. The molecule has 1 heteroatoms. The minimum atomic E-state index is 0.244. The molecule has 1 rings (SSSR count). The van der Waals surface area contributed by atoms with Gasteiger partial charge in [-0.1, -0.05) is 43.7 Å². The van der Waals surface area contributed by atoms with Crippen molar-refractivity contribution in [2.24, 2.45) is 0 Å². The fourth-order valence-electron chi connectivity index (χ4n) is 2.05. The van der Waals surface area contributed by atoms with E-state index in [1.807, 2.05) is 7.05 Å². The quantitative estimate of drug-likeness (QED) is 0.795. The molecule has 0 amide bonds. The molecule has 0 fully saturated rings. The summed E-state index contributed by atoms with van der Waals surface area (Å²) in [5.74, 6) is 0. The highest BCUT2D eigenvalue weighted by Crippen LogP contribution is 2.28. The molecule has 1 N–H and O–H groups in total. The molecule has 0 aliphatic carbocycles. The molecule has 0 spiro atoms. The van der Waals surface area contributed by atoms with E-state index in [0.717, 1.165) is 6.42 Å². The molecule has 0 saturated carbocycles. The summed E-state index contributed by atoms with van der Waals surface area (Å²) in [4.78, 5) is 0. The summed E-state index contributed by atoms with van der Waals surface area (Å²) in [7, 11) is 2.02. The number of hydrogen-bond donors (Lipinski definition) is 1. The molecule has 1 unspecified atom stereocenters. The zero-order chi connectivity index (χ0) is 11.5. The molecule has 1 atom stereocenters. The van der Waals surface area contributed by atoms with Gasteiger partial charge < -0.3 is 5.32 Å². The number of hydrogen-bond acceptors (Lipinski definition) is 1. The van der Waals surface area contributed by atoms with Gasteiger partial charge in [0.1, 0.15) is 0 Å². The lowest BCUT2D eigenvalue weighted by Gasteiger charge is -2.28. The van der Waals surface area contributed by atoms with Crippen molar-refractivity contribution >= 4 is 0 Å². The Labute approximate surface area is 93.9 Å². The number of rotatable bonds is 4. The normalized spacial score (nSPS) is 13.9. The van der Waals surface area contributed by atoms with Crippen LogP contribution in [0.2, 0.25) is 0 Å². The summed E-state index contributed by atoms with van der Waals surface area (Å²) in [5.41, 5.74) is 3.02. The van der Waals surface area contributed by atoms with Gasteiger partial charge in [0.2, 0.25) is 0 Å². The van der Waals surface area contributed by atoms with Gasteiger partial charge >= 0.3 is 0 Å². The molecular formula is C14H23N. The molecule has 1 nitrogen and oxygen atoms in total. The van der Waals surface area contributed by atoms with Crippen molar-refractivity contribution in [2.75, 3.05) is 7.05 Å². The lowest BCUT2D eigenvalue weighted by atomic mass is 9.79. The van der Waals surface area contributed by atoms with Crippen LogP contribution in [0.15, 0.2) is 24.3 Å². The Morgan fingerprint density at radius 3 is 2.53 bits per heavy atom. The maximum atomic E-state index is 3.31. The van der Waals surface area contributed by atoms with Crippen molar-refractivity contribution in [1.29, 1.82) is 0 Å². The third-order valence-corrected chi connectivity index (χ3v) is 3.11. The Morgan fingerprint density at radius 2 is 2.00 bits per heavy atom. The SMILES string of the molecule is CNC(C)CC(C)(C)c1cccc(C)c1. The van der Waals surface area contributed by atoms with Crippen molar-refractivity contribution < 1.29 is 0 Å². The van der Waals surface area contributed by atoms with Crippen molar-refractivity contribution in [2.45, 2.75) is 45.6 Å². The Hall–Kier alpha value is -0.820. The summed E-state index contributed by atoms with van der Waals surface area (Å²) in [6.45, 7) is 9.02. The van der Waals surface area contributed by atoms with Crippen LogP contribution in [0, 0.1) is 6.92 Å². The third-order valence-electron chi connectivity index (χ3n) is 3.11. The Bertz CT molecular complexity index is 315. The van der Waals surface area contributed by atoms with Gasteiger partial charge in [0.15, 0.2) is 0 Å². The fraction of sp³-hybridized carbons (Fsp3) is 0.571. The topological polar surface area (TPSA) is 12.0 Å². The van der Waals surface area contributed by atoms with Gasteiger partial charge in [0.05, 0.1) is 0 Å². The van der Waals surface area contributed by atoms with E-state index in [2.05, 4.69) is 57.3 Å². The van der Waals surface area contributed by atoms with Crippen LogP contribution in [0.3, 0.4) is 0 Å². The predicted molar refractivity (Wildman–Crippen MR) is 67.3 cm³/mol. The van der Waals surface area contributed by atoms with Gasteiger partial charge in [-0.05, 0) is 38.3 Å². The van der Waals surface area contributed by atoms with E-state index >= 15 is 0 Å². The van der Waals surface area contributed by atoms with E-state index in [1.54, 1.807) is 0 Å². The first-order chi connectivity index (χ1) is 6.95. The molecule has 15 heavy (non-hydrogen) atoms. The molecule has 0 saturated heterocycles. The van der Waals surface area contributed by atoms with E-state index in [4.69, 9.17) is 0 Å². The van der Waals surface area contributed by atoms with Crippen LogP contribution in [-0.2, 0) is 5.41 Å². The minimum absolute atomic E-state index is 0.244. The van der Waals surface area contributed by atoms with Gasteiger partial charge in [-0.15, -0.1) is 0 Å². The fourth-order valence-corrected chi connectivity index (χ4v) is 2.05. The standard InChI is InChI=1S/C14H23N/c1-11-7-6-8-13(9-11)14(3,4)10-12(2)15-5/h6-9,12,15H,10H2,1-5H3. The van der Waals surface area contributed by atoms with Crippen molar-refractivity contribution in [3.63, 3.8) is 0 Å². The van der Waals surface area contributed by atoms with E-state index in [-0.39, 0.29) is 5.41 Å². The van der Waals surface area contributed by atoms with Crippen LogP contribution in [0.25, 0.3) is 0 Å². The summed E-state index contributed by atoms with van der Waals surface area (Å²) >= 11 is 0. The van der Waals surface area contributed by atoms with Gasteiger partial charge in [0, 0.05) is 6.04 Å². The number of nitrogens with one attached hydrogen (secondary N) is 1. The predicted octanol–water partition coefficient (Wildman–Crippen LogP) is 3.27. The molecule has 0 radical (unpaired) electrons. The minimum Gasteiger partial charge on any atom is -0.317 e. The van der Waals surface area contributed by atoms with Crippen molar-refractivity contribution in [1.82, 2.24) is 5.32 Å². The summed E-state index contributed by atoms with van der Waals surface area (Å²) < 4.78 is 0. The number of aryl methyl sites for hydroxylation is 1. The second kappa shape index (κ2) is 4.80. The summed E-state index contributed by atoms with van der Waals surface area (Å²) in [5, 5.41) is 3.31. The maximum absolute atomic E-state index is 3.31. The van der Waals surface area contributed by atoms with Gasteiger partial charge in [-0.3, -0.25) is 0 Å². The molecule has 84 valence electrons. The van der Waals surface area contributed by atoms with Crippen LogP contribution in [0.1, 0.15) is 38.3 Å². The molecule has 0 aromatic heterocycles. The number of benzene rings is 1. The summed E-state index contributed by atoms with van der Waals surface area (Å²) in [6.07, 6.45) is 1.16. The van der Waals surface area contributed by atoms with Gasteiger partial charge in [-0.25, -0.2) is 0 Å². The Balaban J connectivity index is 2.85. The Morgan fingerprint density at radius 1 is 1.33 bits per heavy atom. The van der Waals surface area contributed by atoms with Crippen LogP contribution < -0.4 is 5.32 Å². The molecule has 0 heterocycles. The lowest BCUT2D eigenvalue weighted by molar-refractivity contribution is 0.405. The van der Waals surface area contributed by atoms with E-state index < -0.39 is 0 Å². The molecule has 1 aromatic rings. The second-order valence-corrected chi connectivity index (χ2v) is 5.15. The first-order valence-electron chi connectivity index (χ1n) is 5.70. The zero-order valence-corrected chi connectivity index (χ0v) is 10.6. The molecule has 0 bridgehead atoms. The molecule has 0 aliphatic rings. The average molecular weight is 205 g/mol. The van der Waals surface area contributed by atoms with E-state index in [0.29, 0.717) is 6.04 Å². The maximum Gasteiger partial charge on any atom is 0.00440 e. The first kappa shape index (κ1) is 12.3. The van der Waals surface area contributed by atoms with Crippen molar-refractivity contribution in [3.8, 4) is 0 Å². The van der Waals surface area contributed by atoms with Gasteiger partial charge in [-0.2, -0.15) is 0 Å². The van der Waals surface area contributed by atoms with Crippen LogP contribution >= 0.6 is 0 Å². The highest BCUT2D eigenvalue weighted by molar-refractivity contribution is 5.28. The van der Waals surface area contributed by atoms with Crippen molar-refractivity contribution in [3.05, 3.63) is 35.4 Å². The average Bonchev–Trinajstić information content (AvgIpc) is 2.17. The van der Waals surface area contributed by atoms with Crippen LogP contribution in [0.5, 0.6) is 0 Å². The molecular weight excluding hydrogens is 182 g/mol. The Kier molecular flexibility index (Phi) is 3.92.